The molecule has 17 heteroatoms. The summed E-state index contributed by atoms with van der Waals surface area (Å²) in [5, 5.41) is 23.5. The summed E-state index contributed by atoms with van der Waals surface area (Å²) in [4.78, 5) is 46.6. The van der Waals surface area contributed by atoms with Crippen molar-refractivity contribution in [1.29, 1.82) is 0 Å². The molecular formula is C34H53ClN8O8. The molecule has 0 aliphatic heterocycles. The van der Waals surface area contributed by atoms with Crippen LogP contribution in [0, 0.1) is 5.92 Å². The van der Waals surface area contributed by atoms with E-state index in [4.69, 9.17) is 35.5 Å². The number of nitrogens with zero attached hydrogens (tertiary/aromatic N) is 5. The van der Waals surface area contributed by atoms with Crippen molar-refractivity contribution in [3.63, 3.8) is 0 Å². The van der Waals surface area contributed by atoms with Gasteiger partial charge in [0.2, 0.25) is 11.9 Å². The second-order valence-electron chi connectivity index (χ2n) is 13.8. The highest BCUT2D eigenvalue weighted by Gasteiger charge is 2.31. The van der Waals surface area contributed by atoms with Crippen molar-refractivity contribution in [2.45, 2.75) is 83.4 Å². The number of rotatable bonds is 20. The lowest BCUT2D eigenvalue weighted by molar-refractivity contribution is -0.122. The first-order chi connectivity index (χ1) is 24.4. The van der Waals surface area contributed by atoms with E-state index in [0.29, 0.717) is 87.8 Å². The van der Waals surface area contributed by atoms with Crippen molar-refractivity contribution >= 4 is 35.6 Å². The lowest BCUT2D eigenvalue weighted by Crippen LogP contribution is -2.48. The molecule has 4 N–H and O–H groups in total. The molecule has 16 nitrogen and oxygen atoms in total. The van der Waals surface area contributed by atoms with Crippen LogP contribution >= 0.6 is 11.6 Å². The number of anilines is 1. The van der Waals surface area contributed by atoms with E-state index in [1.807, 2.05) is 11.7 Å². The summed E-state index contributed by atoms with van der Waals surface area (Å²) in [6.45, 7) is 7.78. The van der Waals surface area contributed by atoms with Gasteiger partial charge in [0.1, 0.15) is 12.1 Å². The van der Waals surface area contributed by atoms with Crippen LogP contribution in [-0.2, 0) is 37.2 Å². The van der Waals surface area contributed by atoms with Crippen LogP contribution in [0.5, 0.6) is 0 Å². The smallest absolute Gasteiger partial charge is 0.408 e. The molecule has 2 heterocycles. The van der Waals surface area contributed by atoms with Crippen LogP contribution in [0.3, 0.4) is 0 Å². The molecule has 51 heavy (non-hydrogen) atoms. The third kappa shape index (κ3) is 14.1. The van der Waals surface area contributed by atoms with Crippen molar-refractivity contribution in [1.82, 2.24) is 35.3 Å². The second kappa shape index (κ2) is 19.8. The highest BCUT2D eigenvalue weighted by molar-refractivity contribution is 6.33. The van der Waals surface area contributed by atoms with Gasteiger partial charge in [0, 0.05) is 43.5 Å². The van der Waals surface area contributed by atoms with Crippen molar-refractivity contribution in [3.05, 3.63) is 23.1 Å². The van der Waals surface area contributed by atoms with Crippen molar-refractivity contribution in [2.24, 2.45) is 13.0 Å². The van der Waals surface area contributed by atoms with E-state index in [1.165, 1.54) is 17.7 Å². The zero-order valence-corrected chi connectivity index (χ0v) is 30.9. The largest absolute Gasteiger partial charge is 0.465 e. The van der Waals surface area contributed by atoms with Gasteiger partial charge in [0.05, 0.1) is 62.8 Å². The lowest BCUT2D eigenvalue weighted by atomic mass is 9.90. The van der Waals surface area contributed by atoms with Crippen LogP contribution in [0.15, 0.2) is 12.4 Å². The quantitative estimate of drug-likeness (QED) is 0.144. The molecule has 0 unspecified atom stereocenters. The Morgan fingerprint density at radius 2 is 1.57 bits per heavy atom. The number of ether oxygens (including phenoxy) is 4. The van der Waals surface area contributed by atoms with Gasteiger partial charge in [-0.15, -0.1) is 0 Å². The van der Waals surface area contributed by atoms with Gasteiger partial charge in [-0.05, 0) is 71.6 Å². The third-order valence-corrected chi connectivity index (χ3v) is 8.77. The fourth-order valence-corrected chi connectivity index (χ4v) is 5.94. The topological polar surface area (TPSA) is 191 Å². The number of nitrogens with one attached hydrogen (secondary N) is 3. The molecule has 2 aliphatic rings. The minimum Gasteiger partial charge on any atom is -0.465 e. The zero-order chi connectivity index (χ0) is 36.8. The van der Waals surface area contributed by atoms with Gasteiger partial charge in [0.15, 0.2) is 0 Å². The number of carboxylic acid groups (broad SMARTS) is 1. The van der Waals surface area contributed by atoms with Gasteiger partial charge in [-0.2, -0.15) is 5.10 Å². The average Bonchev–Trinajstić information content (AvgIpc) is 3.83. The molecular weight excluding hydrogens is 684 g/mol. The minimum absolute atomic E-state index is 0.0568. The fraction of sp³-hybridized carbons (Fsp3) is 0.706. The number of amides is 3. The summed E-state index contributed by atoms with van der Waals surface area (Å²) in [6.07, 6.45) is 7.80. The maximum absolute atomic E-state index is 12.6. The van der Waals surface area contributed by atoms with Crippen LogP contribution in [-0.4, -0.2) is 125 Å². The van der Waals surface area contributed by atoms with Crippen molar-refractivity contribution < 1.29 is 38.4 Å². The highest BCUT2D eigenvalue weighted by Crippen LogP contribution is 2.37. The number of aromatic nitrogens is 4. The number of alkyl carbamates (subject to hydrolysis) is 1. The monoisotopic (exact) mass is 736 g/mol. The Balaban J connectivity index is 1.07. The van der Waals surface area contributed by atoms with Crippen LogP contribution < -0.4 is 16.0 Å². The fourth-order valence-electron chi connectivity index (χ4n) is 5.75. The molecule has 3 amide bonds. The maximum Gasteiger partial charge on any atom is 0.408 e. The van der Waals surface area contributed by atoms with Gasteiger partial charge in [0.25, 0.3) is 0 Å². The van der Waals surface area contributed by atoms with Crippen molar-refractivity contribution in [3.8, 4) is 11.3 Å². The van der Waals surface area contributed by atoms with E-state index >= 15 is 0 Å². The molecule has 2 saturated carbocycles. The first kappa shape index (κ1) is 40.0. The number of aryl methyl sites for hydroxylation is 1. The Hall–Kier alpha value is -3.73. The Morgan fingerprint density at radius 1 is 0.941 bits per heavy atom. The summed E-state index contributed by atoms with van der Waals surface area (Å²) >= 11 is 6.53. The van der Waals surface area contributed by atoms with Crippen LogP contribution in [0.1, 0.15) is 65.0 Å². The number of hydrogen-bond donors (Lipinski definition) is 4. The molecule has 0 aromatic carbocycles. The van der Waals surface area contributed by atoms with Crippen LogP contribution in [0.4, 0.5) is 15.5 Å². The maximum atomic E-state index is 12.6. The number of carbonyl (C=O) groups is 3. The van der Waals surface area contributed by atoms with E-state index in [1.54, 1.807) is 33.2 Å². The molecule has 0 spiro atoms. The van der Waals surface area contributed by atoms with E-state index in [-0.39, 0.29) is 37.7 Å². The van der Waals surface area contributed by atoms with Gasteiger partial charge in [-0.25, -0.2) is 19.6 Å². The van der Waals surface area contributed by atoms with E-state index in [2.05, 4.69) is 26.0 Å². The summed E-state index contributed by atoms with van der Waals surface area (Å²) in [5.41, 5.74) is 2.14. The first-order valence-corrected chi connectivity index (χ1v) is 18.0. The third-order valence-electron chi connectivity index (χ3n) is 8.50. The van der Waals surface area contributed by atoms with Crippen LogP contribution in [0.25, 0.3) is 11.3 Å². The summed E-state index contributed by atoms with van der Waals surface area (Å²) < 4.78 is 23.4. The molecule has 0 atom stereocenters. The van der Waals surface area contributed by atoms with Gasteiger partial charge in [-0.3, -0.25) is 14.4 Å². The minimum atomic E-state index is -1.12. The summed E-state index contributed by atoms with van der Waals surface area (Å²) in [7, 11) is 1.94. The van der Waals surface area contributed by atoms with E-state index in [9.17, 15) is 19.5 Å². The number of hydrogen-bond acceptors (Lipinski definition) is 11. The van der Waals surface area contributed by atoms with Gasteiger partial charge >= 0.3 is 12.2 Å². The predicted molar refractivity (Wildman–Crippen MR) is 190 cm³/mol. The number of halogens is 1. The SMILES string of the molecule is Cn1ncc(-c2nc(NC3CCC(N(CC(=O)NCCOCCOCCOCCNC(=O)OC(C)(C)C)C(=O)O)CC3)ncc2Cl)c1CC1CC1. The zero-order valence-electron chi connectivity index (χ0n) is 30.1. The molecule has 4 rings (SSSR count). The molecule has 0 saturated heterocycles. The van der Waals surface area contributed by atoms with Gasteiger partial charge < -0.3 is 40.0 Å². The Morgan fingerprint density at radius 3 is 2.18 bits per heavy atom. The lowest BCUT2D eigenvalue weighted by Gasteiger charge is -2.35. The predicted octanol–water partition coefficient (Wildman–Crippen LogP) is 3.88. The molecule has 2 aromatic heterocycles. The summed E-state index contributed by atoms with van der Waals surface area (Å²) in [5.74, 6) is 0.773. The Labute approximate surface area is 304 Å². The highest BCUT2D eigenvalue weighted by atomic mass is 35.5. The first-order valence-electron chi connectivity index (χ1n) is 17.7. The Kier molecular flexibility index (Phi) is 15.5. The Bertz CT molecular complexity index is 1430. The van der Waals surface area contributed by atoms with Crippen LogP contribution in [0.2, 0.25) is 5.02 Å². The standard InChI is InChI=1S/C34H53ClN8O8/c1-34(2,3)51-32(45)37-12-14-49-16-18-50-17-15-48-13-11-36-29(44)22-43(33(46)47)25-9-7-24(8-10-25)40-31-38-21-27(35)30(41-31)26-20-39-42(4)28(26)19-23-5-6-23/h20-21,23-25H,5-19,22H2,1-4H3,(H,36,44)(H,37,45)(H,46,47)(H,38,40,41). The summed E-state index contributed by atoms with van der Waals surface area (Å²) in [6, 6.07) is -0.215. The molecule has 2 fully saturated rings. The molecule has 0 bridgehead atoms. The molecule has 2 aromatic rings. The molecule has 2 aliphatic carbocycles. The van der Waals surface area contributed by atoms with E-state index < -0.39 is 17.8 Å². The van der Waals surface area contributed by atoms with Gasteiger partial charge in [-0.1, -0.05) is 11.6 Å². The second-order valence-corrected chi connectivity index (χ2v) is 14.2. The normalized spacial score (nSPS) is 17.5. The average molecular weight is 737 g/mol. The molecule has 0 radical (unpaired) electrons. The van der Waals surface area contributed by atoms with E-state index in [0.717, 1.165) is 17.7 Å². The number of carbonyl (C=O) groups excluding carboxylic acids is 2. The van der Waals surface area contributed by atoms with Crippen molar-refractivity contribution in [2.75, 3.05) is 64.6 Å². The molecule has 284 valence electrons.